The lowest BCUT2D eigenvalue weighted by Gasteiger charge is -2.29. The second-order valence-electron chi connectivity index (χ2n) is 5.21. The molecule has 19 heavy (non-hydrogen) atoms. The quantitative estimate of drug-likeness (QED) is 0.700. The maximum absolute atomic E-state index is 12.3. The summed E-state index contributed by atoms with van der Waals surface area (Å²) < 4.78 is 0. The van der Waals surface area contributed by atoms with Gasteiger partial charge in [-0.3, -0.25) is 0 Å². The van der Waals surface area contributed by atoms with Crippen LogP contribution in [0.15, 0.2) is 0 Å². The minimum atomic E-state index is -1.09. The number of aliphatic carboxylic acids is 1. The molecule has 1 saturated carbocycles. The Kier molecular flexibility index (Phi) is 3.96. The van der Waals surface area contributed by atoms with Gasteiger partial charge < -0.3 is 20.0 Å². The van der Waals surface area contributed by atoms with Crippen LogP contribution >= 0.6 is 0 Å². The number of urea groups is 1. The van der Waals surface area contributed by atoms with E-state index in [0.29, 0.717) is 12.5 Å². The monoisotopic (exact) mass is 266 g/mol. The predicted molar refractivity (Wildman–Crippen MR) is 67.3 cm³/mol. The van der Waals surface area contributed by atoms with Gasteiger partial charge in [0.15, 0.2) is 0 Å². The standard InChI is InChI=1S/C13H18N2O4/c1-2-5-14(7-9-3-4-9)13(19)15-8-10(16)6-11(15)12(17)18/h1,9-11,16H,3-8H2,(H,17,18). The van der Waals surface area contributed by atoms with Gasteiger partial charge in [0.2, 0.25) is 0 Å². The van der Waals surface area contributed by atoms with Crippen LogP contribution < -0.4 is 0 Å². The van der Waals surface area contributed by atoms with E-state index in [-0.39, 0.29) is 25.5 Å². The van der Waals surface area contributed by atoms with Crippen molar-refractivity contribution < 1.29 is 19.8 Å². The number of terminal acetylenes is 1. The van der Waals surface area contributed by atoms with Crippen LogP contribution in [0.2, 0.25) is 0 Å². The molecule has 1 aliphatic heterocycles. The molecule has 2 rings (SSSR count). The fourth-order valence-corrected chi connectivity index (χ4v) is 2.37. The smallest absolute Gasteiger partial charge is 0.326 e. The van der Waals surface area contributed by atoms with E-state index in [4.69, 9.17) is 11.5 Å². The first-order valence-electron chi connectivity index (χ1n) is 6.42. The van der Waals surface area contributed by atoms with Gasteiger partial charge in [0, 0.05) is 19.5 Å². The molecule has 1 saturated heterocycles. The second kappa shape index (κ2) is 5.49. The van der Waals surface area contributed by atoms with Gasteiger partial charge in [-0.25, -0.2) is 9.59 Å². The molecule has 0 bridgehead atoms. The molecule has 0 aromatic carbocycles. The molecule has 0 aromatic rings. The molecule has 2 N–H and O–H groups in total. The third-order valence-corrected chi connectivity index (χ3v) is 3.54. The van der Waals surface area contributed by atoms with E-state index in [0.717, 1.165) is 12.8 Å². The highest BCUT2D eigenvalue weighted by Gasteiger charge is 2.41. The van der Waals surface area contributed by atoms with Crippen molar-refractivity contribution in [1.82, 2.24) is 9.80 Å². The van der Waals surface area contributed by atoms with Crippen molar-refractivity contribution >= 4 is 12.0 Å². The number of hydrogen-bond acceptors (Lipinski definition) is 3. The van der Waals surface area contributed by atoms with E-state index in [1.807, 2.05) is 0 Å². The summed E-state index contributed by atoms with van der Waals surface area (Å²) in [6.45, 7) is 0.803. The molecule has 6 heteroatoms. The van der Waals surface area contributed by atoms with Gasteiger partial charge in [-0.15, -0.1) is 6.42 Å². The number of carboxylic acids is 1. The number of likely N-dealkylation sites (tertiary alicyclic amines) is 1. The summed E-state index contributed by atoms with van der Waals surface area (Å²) in [6, 6.07) is -1.34. The average molecular weight is 266 g/mol. The molecule has 2 atom stereocenters. The van der Waals surface area contributed by atoms with Crippen molar-refractivity contribution in [2.24, 2.45) is 5.92 Å². The molecule has 0 radical (unpaired) electrons. The lowest BCUT2D eigenvalue weighted by molar-refractivity contribution is -0.141. The van der Waals surface area contributed by atoms with E-state index >= 15 is 0 Å². The molecule has 2 aliphatic rings. The fourth-order valence-electron chi connectivity index (χ4n) is 2.37. The highest BCUT2D eigenvalue weighted by molar-refractivity contribution is 5.83. The Hall–Kier alpha value is -1.74. The zero-order valence-corrected chi connectivity index (χ0v) is 10.7. The molecule has 0 spiro atoms. The Morgan fingerprint density at radius 1 is 1.42 bits per heavy atom. The minimum absolute atomic E-state index is 0.0571. The Bertz CT molecular complexity index is 413. The van der Waals surface area contributed by atoms with E-state index in [2.05, 4.69) is 5.92 Å². The normalized spacial score (nSPS) is 26.0. The zero-order chi connectivity index (χ0) is 14.0. The molecule has 2 fully saturated rings. The molecule has 2 unspecified atom stereocenters. The van der Waals surface area contributed by atoms with Crippen molar-refractivity contribution in [3.63, 3.8) is 0 Å². The lowest BCUT2D eigenvalue weighted by atomic mass is 10.2. The van der Waals surface area contributed by atoms with E-state index in [1.54, 1.807) is 0 Å². The summed E-state index contributed by atoms with van der Waals surface area (Å²) in [5.74, 6) is 1.82. The Morgan fingerprint density at radius 2 is 2.11 bits per heavy atom. The number of carbonyl (C=O) groups is 2. The Balaban J connectivity index is 2.06. The van der Waals surface area contributed by atoms with Gasteiger partial charge in [0.05, 0.1) is 12.6 Å². The molecule has 2 amide bonds. The largest absolute Gasteiger partial charge is 0.480 e. The third-order valence-electron chi connectivity index (χ3n) is 3.54. The number of aliphatic hydroxyl groups is 1. The van der Waals surface area contributed by atoms with E-state index < -0.39 is 18.1 Å². The molecule has 1 heterocycles. The first-order chi connectivity index (χ1) is 9.02. The van der Waals surface area contributed by atoms with Crippen LogP contribution in [0.1, 0.15) is 19.3 Å². The highest BCUT2D eigenvalue weighted by Crippen LogP contribution is 2.30. The zero-order valence-electron chi connectivity index (χ0n) is 10.7. The van der Waals surface area contributed by atoms with E-state index in [9.17, 15) is 14.7 Å². The number of aliphatic hydroxyl groups excluding tert-OH is 1. The SMILES string of the molecule is C#CCN(CC1CC1)C(=O)N1CC(O)CC1C(=O)O. The number of rotatable bonds is 4. The number of amides is 2. The molecule has 6 nitrogen and oxygen atoms in total. The molecule has 104 valence electrons. The number of nitrogens with zero attached hydrogens (tertiary/aromatic N) is 2. The van der Waals surface area contributed by atoms with Crippen molar-refractivity contribution in [1.29, 1.82) is 0 Å². The first kappa shape index (κ1) is 13.7. The minimum Gasteiger partial charge on any atom is -0.480 e. The lowest BCUT2D eigenvalue weighted by Crippen LogP contribution is -2.48. The summed E-state index contributed by atoms with van der Waals surface area (Å²) in [5, 5.41) is 18.7. The maximum atomic E-state index is 12.3. The molecular formula is C13H18N2O4. The Labute approximate surface area is 112 Å². The molecular weight excluding hydrogens is 248 g/mol. The molecule has 1 aliphatic carbocycles. The number of carbonyl (C=O) groups excluding carboxylic acids is 1. The van der Waals surface area contributed by atoms with Crippen LogP contribution in [-0.4, -0.2) is 63.8 Å². The summed E-state index contributed by atoms with van der Waals surface area (Å²) in [7, 11) is 0. The van der Waals surface area contributed by atoms with Crippen molar-refractivity contribution in [3.05, 3.63) is 0 Å². The summed E-state index contributed by atoms with van der Waals surface area (Å²) in [6.07, 6.45) is 6.72. The van der Waals surface area contributed by atoms with Crippen LogP contribution in [0.25, 0.3) is 0 Å². The third kappa shape index (κ3) is 3.18. The number of β-amino-alcohol motifs (C(OH)–C–C–N with tert-alkyl or cyclic N) is 1. The van der Waals surface area contributed by atoms with Crippen LogP contribution in [0.5, 0.6) is 0 Å². The van der Waals surface area contributed by atoms with Crippen LogP contribution in [0, 0.1) is 18.3 Å². The van der Waals surface area contributed by atoms with E-state index in [1.165, 1.54) is 9.80 Å². The summed E-state index contributed by atoms with van der Waals surface area (Å²) >= 11 is 0. The highest BCUT2D eigenvalue weighted by atomic mass is 16.4. The number of carboxylic acid groups (broad SMARTS) is 1. The average Bonchev–Trinajstić information content (AvgIpc) is 3.08. The fraction of sp³-hybridized carbons (Fsp3) is 0.692. The van der Waals surface area contributed by atoms with Gasteiger partial charge in [-0.2, -0.15) is 0 Å². The Morgan fingerprint density at radius 3 is 2.63 bits per heavy atom. The van der Waals surface area contributed by atoms with Crippen LogP contribution in [-0.2, 0) is 4.79 Å². The van der Waals surface area contributed by atoms with Gasteiger partial charge >= 0.3 is 12.0 Å². The second-order valence-corrected chi connectivity index (χ2v) is 5.21. The summed E-state index contributed by atoms with van der Waals surface area (Å²) in [4.78, 5) is 26.2. The van der Waals surface area contributed by atoms with Gasteiger partial charge in [0.25, 0.3) is 0 Å². The predicted octanol–water partition coefficient (Wildman–Crippen LogP) is -0.0286. The van der Waals surface area contributed by atoms with Gasteiger partial charge in [0.1, 0.15) is 6.04 Å². The van der Waals surface area contributed by atoms with Gasteiger partial charge in [-0.05, 0) is 18.8 Å². The maximum Gasteiger partial charge on any atom is 0.326 e. The van der Waals surface area contributed by atoms with Crippen molar-refractivity contribution in [3.8, 4) is 12.3 Å². The number of hydrogen-bond donors (Lipinski definition) is 2. The first-order valence-corrected chi connectivity index (χ1v) is 6.42. The van der Waals surface area contributed by atoms with Gasteiger partial charge in [-0.1, -0.05) is 5.92 Å². The van der Waals surface area contributed by atoms with Crippen LogP contribution in [0.4, 0.5) is 4.79 Å². The molecule has 0 aromatic heterocycles. The van der Waals surface area contributed by atoms with Crippen molar-refractivity contribution in [2.75, 3.05) is 19.6 Å². The topological polar surface area (TPSA) is 81.1 Å². The van der Waals surface area contributed by atoms with Crippen LogP contribution in [0.3, 0.4) is 0 Å². The van der Waals surface area contributed by atoms with Crippen molar-refractivity contribution in [2.45, 2.75) is 31.4 Å². The summed E-state index contributed by atoms with van der Waals surface area (Å²) in [5.41, 5.74) is 0.